The Labute approximate surface area is 129 Å². The predicted molar refractivity (Wildman–Crippen MR) is 84.6 cm³/mol. The van der Waals surface area contributed by atoms with Crippen molar-refractivity contribution in [1.82, 2.24) is 9.80 Å². The zero-order valence-corrected chi connectivity index (χ0v) is 13.8. The van der Waals surface area contributed by atoms with Crippen molar-refractivity contribution in [3.05, 3.63) is 0 Å². The monoisotopic (exact) mass is 310 g/mol. The third-order valence-electron chi connectivity index (χ3n) is 4.25. The van der Waals surface area contributed by atoms with E-state index >= 15 is 0 Å². The average Bonchev–Trinajstić information content (AvgIpc) is 2.29. The molecule has 114 valence electrons. The number of ketones is 1. The van der Waals surface area contributed by atoms with Gasteiger partial charge in [0.15, 0.2) is 0 Å². The van der Waals surface area contributed by atoms with Gasteiger partial charge in [-0.15, -0.1) is 24.8 Å². The van der Waals surface area contributed by atoms with Crippen molar-refractivity contribution in [3.63, 3.8) is 0 Å². The lowest BCUT2D eigenvalue weighted by molar-refractivity contribution is -0.122. The van der Waals surface area contributed by atoms with E-state index < -0.39 is 0 Å². The fourth-order valence-electron chi connectivity index (χ4n) is 3.33. The molecule has 1 atom stereocenters. The molecule has 0 amide bonds. The zero-order valence-electron chi connectivity index (χ0n) is 12.1. The molecule has 1 saturated carbocycles. The fraction of sp³-hybridized carbons (Fsp3) is 0.929. The summed E-state index contributed by atoms with van der Waals surface area (Å²) in [6, 6.07) is 0.566. The minimum absolute atomic E-state index is 0. The number of hydrogen-bond acceptors (Lipinski definition) is 3. The highest BCUT2D eigenvalue weighted by Gasteiger charge is 2.28. The second-order valence-corrected chi connectivity index (χ2v) is 6.03. The number of hydrogen-bond donors (Lipinski definition) is 0. The standard InChI is InChI=1S/C14H26N2O.2ClH/c1-15(2)11-12-6-8-16(9-7-12)13-4-3-5-14(17)10-13;;/h12-13H,3-11H2,1-2H3;2*1H. The van der Waals surface area contributed by atoms with Gasteiger partial charge in [0.05, 0.1) is 0 Å². The van der Waals surface area contributed by atoms with Crippen LogP contribution in [0.15, 0.2) is 0 Å². The van der Waals surface area contributed by atoms with E-state index in [1.54, 1.807) is 0 Å². The molecule has 1 aliphatic carbocycles. The third-order valence-corrected chi connectivity index (χ3v) is 4.25. The van der Waals surface area contributed by atoms with Crippen LogP contribution in [-0.2, 0) is 4.79 Å². The quantitative estimate of drug-likeness (QED) is 0.800. The van der Waals surface area contributed by atoms with Crippen LogP contribution in [0.25, 0.3) is 0 Å². The van der Waals surface area contributed by atoms with Crippen LogP contribution in [0.5, 0.6) is 0 Å². The van der Waals surface area contributed by atoms with Crippen LogP contribution in [0.2, 0.25) is 0 Å². The molecule has 1 heterocycles. The molecule has 0 aromatic carbocycles. The average molecular weight is 311 g/mol. The SMILES string of the molecule is CN(C)CC1CCN(C2CCCC(=O)C2)CC1.Cl.Cl. The highest BCUT2D eigenvalue weighted by molar-refractivity contribution is 5.85. The van der Waals surface area contributed by atoms with Crippen LogP contribution in [0.1, 0.15) is 38.5 Å². The van der Waals surface area contributed by atoms with Crippen molar-refractivity contribution in [2.45, 2.75) is 44.6 Å². The number of piperidine rings is 1. The van der Waals surface area contributed by atoms with Gasteiger partial charge in [0, 0.05) is 25.4 Å². The van der Waals surface area contributed by atoms with Crippen molar-refractivity contribution >= 4 is 30.6 Å². The first-order valence-electron chi connectivity index (χ1n) is 7.05. The summed E-state index contributed by atoms with van der Waals surface area (Å²) >= 11 is 0. The summed E-state index contributed by atoms with van der Waals surface area (Å²) < 4.78 is 0. The molecule has 2 rings (SSSR count). The van der Waals surface area contributed by atoms with Gasteiger partial charge in [-0.05, 0) is 58.8 Å². The van der Waals surface area contributed by atoms with Gasteiger partial charge in [-0.2, -0.15) is 0 Å². The topological polar surface area (TPSA) is 23.6 Å². The van der Waals surface area contributed by atoms with Gasteiger partial charge >= 0.3 is 0 Å². The molecule has 0 spiro atoms. The maximum Gasteiger partial charge on any atom is 0.134 e. The molecule has 1 aliphatic heterocycles. The van der Waals surface area contributed by atoms with Gasteiger partial charge in [-0.25, -0.2) is 0 Å². The number of Topliss-reactive ketones (excluding diaryl/α,β-unsaturated/α-hetero) is 1. The van der Waals surface area contributed by atoms with E-state index in [0.717, 1.165) is 25.2 Å². The van der Waals surface area contributed by atoms with Crippen molar-refractivity contribution in [2.75, 3.05) is 33.7 Å². The Bertz CT molecular complexity index is 266. The highest BCUT2D eigenvalue weighted by atomic mass is 35.5. The summed E-state index contributed by atoms with van der Waals surface area (Å²) in [6.45, 7) is 3.63. The minimum atomic E-state index is 0. The first-order chi connectivity index (χ1) is 8.15. The Morgan fingerprint density at radius 3 is 2.32 bits per heavy atom. The van der Waals surface area contributed by atoms with E-state index in [1.165, 1.54) is 38.9 Å². The first-order valence-corrected chi connectivity index (χ1v) is 7.05. The van der Waals surface area contributed by atoms with Gasteiger partial charge < -0.3 is 4.90 Å². The summed E-state index contributed by atoms with van der Waals surface area (Å²) in [5.74, 6) is 1.34. The van der Waals surface area contributed by atoms with E-state index in [2.05, 4.69) is 23.9 Å². The molecule has 0 radical (unpaired) electrons. The Hall–Kier alpha value is 0.170. The van der Waals surface area contributed by atoms with Crippen LogP contribution in [0.4, 0.5) is 0 Å². The van der Waals surface area contributed by atoms with Gasteiger partial charge in [-0.3, -0.25) is 9.69 Å². The molecule has 5 heteroatoms. The molecule has 3 nitrogen and oxygen atoms in total. The Morgan fingerprint density at radius 1 is 1.16 bits per heavy atom. The lowest BCUT2D eigenvalue weighted by Crippen LogP contribution is -2.45. The maximum atomic E-state index is 11.5. The Kier molecular flexibility index (Phi) is 9.25. The molecule has 1 unspecified atom stereocenters. The van der Waals surface area contributed by atoms with Crippen LogP contribution in [-0.4, -0.2) is 55.4 Å². The minimum Gasteiger partial charge on any atom is -0.309 e. The van der Waals surface area contributed by atoms with Gasteiger partial charge in [0.1, 0.15) is 5.78 Å². The predicted octanol–water partition coefficient (Wildman–Crippen LogP) is 2.62. The normalized spacial score (nSPS) is 25.8. The lowest BCUT2D eigenvalue weighted by Gasteiger charge is -2.39. The van der Waals surface area contributed by atoms with E-state index in [-0.39, 0.29) is 24.8 Å². The highest BCUT2D eigenvalue weighted by Crippen LogP contribution is 2.25. The van der Waals surface area contributed by atoms with Crippen LogP contribution in [0.3, 0.4) is 0 Å². The summed E-state index contributed by atoms with van der Waals surface area (Å²) in [7, 11) is 4.32. The molecule has 2 fully saturated rings. The van der Waals surface area contributed by atoms with Crippen molar-refractivity contribution in [1.29, 1.82) is 0 Å². The number of likely N-dealkylation sites (tertiary alicyclic amines) is 1. The molecule has 19 heavy (non-hydrogen) atoms. The molecular formula is C14H28Cl2N2O. The first kappa shape index (κ1) is 19.2. The lowest BCUT2D eigenvalue weighted by atomic mass is 9.89. The molecule has 2 aliphatic rings. The summed E-state index contributed by atoms with van der Waals surface area (Å²) in [6.07, 6.45) is 6.61. The van der Waals surface area contributed by atoms with Crippen molar-refractivity contribution < 1.29 is 4.79 Å². The summed E-state index contributed by atoms with van der Waals surface area (Å²) in [5.41, 5.74) is 0. The second-order valence-electron chi connectivity index (χ2n) is 6.03. The maximum absolute atomic E-state index is 11.5. The molecule has 0 aromatic heterocycles. The number of rotatable bonds is 3. The van der Waals surface area contributed by atoms with E-state index in [1.807, 2.05) is 0 Å². The van der Waals surface area contributed by atoms with Gasteiger partial charge in [0.2, 0.25) is 0 Å². The molecule has 0 bridgehead atoms. The smallest absolute Gasteiger partial charge is 0.134 e. The van der Waals surface area contributed by atoms with Crippen LogP contribution < -0.4 is 0 Å². The fourth-order valence-corrected chi connectivity index (χ4v) is 3.33. The number of carbonyl (C=O) groups excluding carboxylic acids is 1. The van der Waals surface area contributed by atoms with Crippen LogP contribution in [0, 0.1) is 5.92 Å². The summed E-state index contributed by atoms with van der Waals surface area (Å²) in [5, 5.41) is 0. The van der Waals surface area contributed by atoms with E-state index in [4.69, 9.17) is 0 Å². The van der Waals surface area contributed by atoms with Crippen molar-refractivity contribution in [2.24, 2.45) is 5.92 Å². The van der Waals surface area contributed by atoms with Crippen LogP contribution >= 0.6 is 24.8 Å². The zero-order chi connectivity index (χ0) is 12.3. The largest absolute Gasteiger partial charge is 0.309 e. The van der Waals surface area contributed by atoms with E-state index in [0.29, 0.717) is 11.8 Å². The van der Waals surface area contributed by atoms with Gasteiger partial charge in [0.25, 0.3) is 0 Å². The molecule has 0 aromatic rings. The Balaban J connectivity index is 0.00000162. The van der Waals surface area contributed by atoms with E-state index in [9.17, 15) is 4.79 Å². The molecule has 0 N–H and O–H groups in total. The third kappa shape index (κ3) is 5.99. The molecule has 1 saturated heterocycles. The van der Waals surface area contributed by atoms with Crippen molar-refractivity contribution in [3.8, 4) is 0 Å². The number of halogens is 2. The Morgan fingerprint density at radius 2 is 1.79 bits per heavy atom. The number of nitrogens with zero attached hydrogens (tertiary/aromatic N) is 2. The van der Waals surface area contributed by atoms with Gasteiger partial charge in [-0.1, -0.05) is 0 Å². The summed E-state index contributed by atoms with van der Waals surface area (Å²) in [4.78, 5) is 16.4. The number of carbonyl (C=O) groups is 1. The second kappa shape index (κ2) is 9.17. The molecular weight excluding hydrogens is 283 g/mol.